The van der Waals surface area contributed by atoms with Crippen LogP contribution < -0.4 is 20.1 Å². The Morgan fingerprint density at radius 2 is 2.00 bits per heavy atom. The van der Waals surface area contributed by atoms with Crippen molar-refractivity contribution in [2.75, 3.05) is 12.3 Å². The Kier molecular flexibility index (Phi) is 7.04. The van der Waals surface area contributed by atoms with Crippen molar-refractivity contribution in [3.8, 4) is 5.75 Å². The summed E-state index contributed by atoms with van der Waals surface area (Å²) in [5.41, 5.74) is -0.172. The Hall–Kier alpha value is -2.11. The van der Waals surface area contributed by atoms with E-state index in [9.17, 15) is 26.8 Å². The number of rotatable bonds is 11. The third-order valence-corrected chi connectivity index (χ3v) is 6.71. The second kappa shape index (κ2) is 9.36. The summed E-state index contributed by atoms with van der Waals surface area (Å²) < 4.78 is 56.9. The first kappa shape index (κ1) is 22.6. The number of alkyl halides is 2. The Balaban J connectivity index is 1.45. The molecule has 3 rings (SSSR count). The maximum atomic E-state index is 12.5. The van der Waals surface area contributed by atoms with Crippen molar-refractivity contribution in [3.63, 3.8) is 0 Å². The lowest BCUT2D eigenvalue weighted by atomic mass is 10.1. The van der Waals surface area contributed by atoms with Crippen molar-refractivity contribution >= 4 is 21.8 Å². The smallest absolute Gasteiger partial charge is 0.387 e. The van der Waals surface area contributed by atoms with Gasteiger partial charge in [0.25, 0.3) is 0 Å². The Morgan fingerprint density at radius 3 is 2.67 bits per heavy atom. The quantitative estimate of drug-likeness (QED) is 0.350. The van der Waals surface area contributed by atoms with Gasteiger partial charge in [-0.15, -0.1) is 0 Å². The number of nitrogens with one attached hydrogen (secondary N) is 3. The summed E-state index contributed by atoms with van der Waals surface area (Å²) in [6.07, 6.45) is 2.82. The van der Waals surface area contributed by atoms with Crippen LogP contribution in [0.4, 0.5) is 8.78 Å². The van der Waals surface area contributed by atoms with E-state index in [0.717, 1.165) is 0 Å². The molecule has 2 fully saturated rings. The van der Waals surface area contributed by atoms with Gasteiger partial charge in [0.1, 0.15) is 5.75 Å². The second-order valence-corrected chi connectivity index (χ2v) is 9.42. The van der Waals surface area contributed by atoms with E-state index in [2.05, 4.69) is 20.1 Å². The molecule has 1 aromatic rings. The highest BCUT2D eigenvalue weighted by Gasteiger charge is 2.47. The number of imide groups is 1. The summed E-state index contributed by atoms with van der Waals surface area (Å²) >= 11 is 0. The molecule has 8 nitrogen and oxygen atoms in total. The zero-order valence-corrected chi connectivity index (χ0v) is 17.1. The molecule has 1 unspecified atom stereocenters. The summed E-state index contributed by atoms with van der Waals surface area (Å²) in [5.74, 6) is -0.726. The first-order chi connectivity index (χ1) is 14.2. The van der Waals surface area contributed by atoms with E-state index in [1.54, 1.807) is 12.1 Å². The predicted octanol–water partition coefficient (Wildman–Crippen LogP) is 1.37. The second-order valence-electron chi connectivity index (χ2n) is 7.57. The molecule has 1 atom stereocenters. The highest BCUT2D eigenvalue weighted by Crippen LogP contribution is 2.47. The van der Waals surface area contributed by atoms with Gasteiger partial charge in [-0.3, -0.25) is 14.9 Å². The molecule has 1 aliphatic carbocycles. The molecular formula is C19H25F2N3O5S. The van der Waals surface area contributed by atoms with E-state index in [1.807, 2.05) is 0 Å². The molecule has 0 spiro atoms. The number of carbonyl (C=O) groups excluding carboxylic acids is 2. The minimum absolute atomic E-state index is 0.00695. The van der Waals surface area contributed by atoms with Crippen LogP contribution in [0.15, 0.2) is 24.3 Å². The summed E-state index contributed by atoms with van der Waals surface area (Å²) in [7, 11) is -3.57. The number of unbranched alkanes of at least 4 members (excludes halogenated alkanes) is 1. The summed E-state index contributed by atoms with van der Waals surface area (Å²) in [5, 5.41) is 5.29. The van der Waals surface area contributed by atoms with Crippen molar-refractivity contribution in [2.45, 2.75) is 56.7 Å². The average molecular weight is 445 g/mol. The minimum Gasteiger partial charge on any atom is -0.435 e. The van der Waals surface area contributed by atoms with Crippen molar-refractivity contribution in [1.82, 2.24) is 15.4 Å². The van der Waals surface area contributed by atoms with E-state index in [-0.39, 0.29) is 29.7 Å². The molecule has 0 bridgehead atoms. The monoisotopic (exact) mass is 445 g/mol. The normalized spacial score (nSPS) is 20.8. The van der Waals surface area contributed by atoms with Crippen molar-refractivity contribution in [3.05, 3.63) is 29.8 Å². The van der Waals surface area contributed by atoms with Crippen LogP contribution in [-0.4, -0.2) is 45.2 Å². The van der Waals surface area contributed by atoms with Gasteiger partial charge in [-0.1, -0.05) is 12.1 Å². The van der Waals surface area contributed by atoms with Gasteiger partial charge in [0.05, 0.1) is 17.3 Å². The third kappa shape index (κ3) is 6.19. The van der Waals surface area contributed by atoms with Gasteiger partial charge in [0, 0.05) is 6.42 Å². The number of ether oxygens (including phenoxy) is 1. The largest absolute Gasteiger partial charge is 0.435 e. The van der Waals surface area contributed by atoms with E-state index in [0.29, 0.717) is 44.2 Å². The van der Waals surface area contributed by atoms with Gasteiger partial charge in [0.15, 0.2) is 0 Å². The number of sulfonamides is 1. The van der Waals surface area contributed by atoms with Gasteiger partial charge in [0.2, 0.25) is 21.8 Å². The van der Waals surface area contributed by atoms with Crippen molar-refractivity contribution < 1.29 is 31.5 Å². The SMILES string of the molecule is O=C1CCC(NCCCCS(=O)(=O)NC2(c3cccc(OC(F)F)c3)CC2)C(=O)N1. The number of benzene rings is 1. The van der Waals surface area contributed by atoms with E-state index >= 15 is 0 Å². The highest BCUT2D eigenvalue weighted by molar-refractivity contribution is 7.89. The van der Waals surface area contributed by atoms with Gasteiger partial charge in [-0.25, -0.2) is 13.1 Å². The zero-order chi connectivity index (χ0) is 21.8. The van der Waals surface area contributed by atoms with Crippen LogP contribution in [0.3, 0.4) is 0 Å². The fraction of sp³-hybridized carbons (Fsp3) is 0.579. The topological polar surface area (TPSA) is 114 Å². The van der Waals surface area contributed by atoms with Gasteiger partial charge >= 0.3 is 6.61 Å². The van der Waals surface area contributed by atoms with E-state index in [1.165, 1.54) is 12.1 Å². The highest BCUT2D eigenvalue weighted by atomic mass is 32.2. The fourth-order valence-corrected chi connectivity index (χ4v) is 5.08. The maximum Gasteiger partial charge on any atom is 0.387 e. The first-order valence-corrected chi connectivity index (χ1v) is 11.5. The lowest BCUT2D eigenvalue weighted by Crippen LogP contribution is -2.50. The van der Waals surface area contributed by atoms with Gasteiger partial charge in [-0.2, -0.15) is 8.78 Å². The minimum atomic E-state index is -3.57. The predicted molar refractivity (Wildman–Crippen MR) is 104 cm³/mol. The van der Waals surface area contributed by atoms with Gasteiger partial charge in [-0.05, 0) is 56.3 Å². The standard InChI is InChI=1S/C19H25F2N3O5S/c20-18(21)29-14-5-3-4-13(12-14)19(8-9-19)24-30(27,28)11-2-1-10-22-15-6-7-16(25)23-17(15)26/h3-5,12,15,18,22,24H,1-2,6-11H2,(H,23,25,26). The number of piperidine rings is 1. The first-order valence-electron chi connectivity index (χ1n) is 9.83. The van der Waals surface area contributed by atoms with Crippen molar-refractivity contribution in [2.24, 2.45) is 0 Å². The molecule has 0 radical (unpaired) electrons. The van der Waals surface area contributed by atoms with Gasteiger partial charge < -0.3 is 10.1 Å². The summed E-state index contributed by atoms with van der Waals surface area (Å²) in [6, 6.07) is 5.65. The van der Waals surface area contributed by atoms with Crippen LogP contribution in [0.5, 0.6) is 5.75 Å². The molecular weight excluding hydrogens is 420 g/mol. The number of halogens is 2. The Bertz CT molecular complexity index is 890. The maximum absolute atomic E-state index is 12.5. The van der Waals surface area contributed by atoms with Crippen LogP contribution >= 0.6 is 0 Å². The zero-order valence-electron chi connectivity index (χ0n) is 16.3. The Morgan fingerprint density at radius 1 is 1.23 bits per heavy atom. The number of carbonyl (C=O) groups is 2. The molecule has 1 aliphatic heterocycles. The van der Waals surface area contributed by atoms with Crippen molar-refractivity contribution in [1.29, 1.82) is 0 Å². The number of hydrogen-bond donors (Lipinski definition) is 3. The molecule has 0 aromatic heterocycles. The Labute approximate surface area is 173 Å². The molecule has 1 saturated heterocycles. The molecule has 30 heavy (non-hydrogen) atoms. The number of amides is 2. The molecule has 1 saturated carbocycles. The summed E-state index contributed by atoms with van der Waals surface area (Å²) in [4.78, 5) is 22.8. The fourth-order valence-electron chi connectivity index (χ4n) is 3.47. The number of hydrogen-bond acceptors (Lipinski definition) is 6. The molecule has 1 aromatic carbocycles. The molecule has 2 aliphatic rings. The van der Waals surface area contributed by atoms with Crippen LogP contribution in [0.1, 0.15) is 44.1 Å². The summed E-state index contributed by atoms with van der Waals surface area (Å²) in [6.45, 7) is -2.49. The lowest BCUT2D eigenvalue weighted by Gasteiger charge is -2.22. The molecule has 2 amide bonds. The van der Waals surface area contributed by atoms with Crippen LogP contribution in [0.2, 0.25) is 0 Å². The van der Waals surface area contributed by atoms with Crippen LogP contribution in [-0.2, 0) is 25.2 Å². The molecule has 166 valence electrons. The molecule has 3 N–H and O–H groups in total. The van der Waals surface area contributed by atoms with E-state index in [4.69, 9.17) is 0 Å². The lowest BCUT2D eigenvalue weighted by molar-refractivity contribution is -0.134. The van der Waals surface area contributed by atoms with Crippen LogP contribution in [0, 0.1) is 0 Å². The third-order valence-electron chi connectivity index (χ3n) is 5.18. The van der Waals surface area contributed by atoms with Crippen LogP contribution in [0.25, 0.3) is 0 Å². The molecule has 11 heteroatoms. The van der Waals surface area contributed by atoms with E-state index < -0.39 is 28.2 Å². The molecule has 1 heterocycles. The average Bonchev–Trinajstić information content (AvgIpc) is 3.42.